The number of rotatable bonds is 5. The number of benzene rings is 3. The number of hydrogen-bond acceptors (Lipinski definition) is 3. The quantitative estimate of drug-likeness (QED) is 0.628. The first kappa shape index (κ1) is 16.2. The second kappa shape index (κ2) is 7.28. The van der Waals surface area contributed by atoms with Crippen LogP contribution in [0.15, 0.2) is 66.7 Å². The Kier molecular flexibility index (Phi) is 4.92. The molecule has 0 aliphatic heterocycles. The third kappa shape index (κ3) is 3.81. The lowest BCUT2D eigenvalue weighted by atomic mass is 10.0. The fourth-order valence-corrected chi connectivity index (χ4v) is 2.74. The van der Waals surface area contributed by atoms with E-state index < -0.39 is 0 Å². The minimum atomic E-state index is 0.708. The van der Waals surface area contributed by atoms with Crippen molar-refractivity contribution >= 4 is 23.0 Å². The van der Waals surface area contributed by atoms with E-state index >= 15 is 0 Å². The maximum absolute atomic E-state index is 6.12. The minimum Gasteiger partial charge on any atom is -0.496 e. The second-order valence-electron chi connectivity index (χ2n) is 5.52. The van der Waals surface area contributed by atoms with Crippen LogP contribution in [0.1, 0.15) is 5.56 Å². The summed E-state index contributed by atoms with van der Waals surface area (Å²) in [7, 11) is 1.68. The molecular weight excluding hydrogens is 320 g/mol. The molecule has 3 aromatic rings. The Balaban J connectivity index is 1.84. The van der Waals surface area contributed by atoms with E-state index in [1.807, 2.05) is 54.6 Å². The molecule has 0 amide bonds. The zero-order chi connectivity index (χ0) is 16.9. The molecule has 0 heterocycles. The number of halogens is 1. The van der Waals surface area contributed by atoms with Crippen LogP contribution in [0, 0.1) is 0 Å². The summed E-state index contributed by atoms with van der Waals surface area (Å²) in [5, 5.41) is 4.10. The lowest BCUT2D eigenvalue weighted by Crippen LogP contribution is -2.00. The smallest absolute Gasteiger partial charge is 0.126 e. The van der Waals surface area contributed by atoms with Gasteiger partial charge in [-0.1, -0.05) is 29.8 Å². The van der Waals surface area contributed by atoms with Gasteiger partial charge >= 0.3 is 0 Å². The molecule has 0 aliphatic carbocycles. The van der Waals surface area contributed by atoms with E-state index in [0.717, 1.165) is 33.8 Å². The van der Waals surface area contributed by atoms with Gasteiger partial charge in [-0.3, -0.25) is 0 Å². The van der Waals surface area contributed by atoms with Gasteiger partial charge in [0, 0.05) is 28.5 Å². The fraction of sp³-hybridized carbons (Fsp3) is 0.100. The molecule has 122 valence electrons. The molecule has 0 saturated carbocycles. The van der Waals surface area contributed by atoms with Crippen LogP contribution in [0.5, 0.6) is 5.75 Å². The van der Waals surface area contributed by atoms with E-state index in [0.29, 0.717) is 11.6 Å². The van der Waals surface area contributed by atoms with Crippen molar-refractivity contribution in [1.29, 1.82) is 0 Å². The predicted octanol–water partition coefficient (Wildman–Crippen LogP) is 5.21. The third-order valence-electron chi connectivity index (χ3n) is 3.81. The Labute approximate surface area is 147 Å². The zero-order valence-electron chi connectivity index (χ0n) is 13.4. The van der Waals surface area contributed by atoms with Crippen LogP contribution < -0.4 is 15.8 Å². The second-order valence-corrected chi connectivity index (χ2v) is 5.96. The number of methoxy groups -OCH3 is 1. The molecule has 24 heavy (non-hydrogen) atoms. The Bertz CT molecular complexity index is 831. The van der Waals surface area contributed by atoms with Gasteiger partial charge in [0.25, 0.3) is 0 Å². The fourth-order valence-electron chi connectivity index (χ4n) is 2.55. The van der Waals surface area contributed by atoms with Gasteiger partial charge in [0.15, 0.2) is 0 Å². The first-order valence-corrected chi connectivity index (χ1v) is 8.06. The van der Waals surface area contributed by atoms with Gasteiger partial charge in [0.2, 0.25) is 0 Å². The topological polar surface area (TPSA) is 47.3 Å². The summed E-state index contributed by atoms with van der Waals surface area (Å²) in [6, 6.07) is 21.6. The van der Waals surface area contributed by atoms with Crippen molar-refractivity contribution in [3.8, 4) is 16.9 Å². The van der Waals surface area contributed by atoms with Crippen molar-refractivity contribution in [2.24, 2.45) is 0 Å². The molecule has 0 aliphatic rings. The van der Waals surface area contributed by atoms with Crippen molar-refractivity contribution in [2.75, 3.05) is 18.2 Å². The highest BCUT2D eigenvalue weighted by molar-refractivity contribution is 6.30. The molecule has 0 unspecified atom stereocenters. The largest absolute Gasteiger partial charge is 0.496 e. The molecule has 4 heteroatoms. The summed E-state index contributed by atoms with van der Waals surface area (Å²) in [6.45, 7) is 0.710. The summed E-state index contributed by atoms with van der Waals surface area (Å²) >= 11 is 6.12. The Hall–Kier alpha value is -2.65. The van der Waals surface area contributed by atoms with E-state index in [2.05, 4.69) is 17.4 Å². The lowest BCUT2D eigenvalue weighted by Gasteiger charge is -2.13. The predicted molar refractivity (Wildman–Crippen MR) is 102 cm³/mol. The van der Waals surface area contributed by atoms with Crippen LogP contribution in [0.4, 0.5) is 11.4 Å². The number of nitrogens with one attached hydrogen (secondary N) is 1. The standard InChI is InChI=1S/C20H19ClN2O/c1-24-20-10-5-14(13-23-18-8-6-17(22)7-9-18)11-19(20)15-3-2-4-16(21)12-15/h2-12,23H,13,22H2,1H3. The van der Waals surface area contributed by atoms with E-state index in [4.69, 9.17) is 22.1 Å². The first-order chi connectivity index (χ1) is 11.7. The molecule has 0 saturated heterocycles. The van der Waals surface area contributed by atoms with Gasteiger partial charge in [0.1, 0.15) is 5.75 Å². The van der Waals surface area contributed by atoms with Crippen LogP contribution in [-0.4, -0.2) is 7.11 Å². The van der Waals surface area contributed by atoms with E-state index in [-0.39, 0.29) is 0 Å². The number of anilines is 2. The van der Waals surface area contributed by atoms with Crippen LogP contribution in [-0.2, 0) is 6.54 Å². The highest BCUT2D eigenvalue weighted by Crippen LogP contribution is 2.32. The maximum Gasteiger partial charge on any atom is 0.126 e. The maximum atomic E-state index is 6.12. The van der Waals surface area contributed by atoms with Crippen molar-refractivity contribution in [2.45, 2.75) is 6.54 Å². The Morgan fingerprint density at radius 1 is 1.00 bits per heavy atom. The van der Waals surface area contributed by atoms with Gasteiger partial charge in [-0.15, -0.1) is 0 Å². The van der Waals surface area contributed by atoms with E-state index in [1.165, 1.54) is 0 Å². The van der Waals surface area contributed by atoms with Gasteiger partial charge < -0.3 is 15.8 Å². The zero-order valence-corrected chi connectivity index (χ0v) is 14.2. The van der Waals surface area contributed by atoms with Crippen LogP contribution in [0.3, 0.4) is 0 Å². The molecule has 0 aromatic heterocycles. The normalized spacial score (nSPS) is 10.4. The lowest BCUT2D eigenvalue weighted by molar-refractivity contribution is 0.416. The van der Waals surface area contributed by atoms with Gasteiger partial charge in [-0.25, -0.2) is 0 Å². The average molecular weight is 339 g/mol. The van der Waals surface area contributed by atoms with Gasteiger partial charge in [-0.05, 0) is 59.7 Å². The number of nitrogens with two attached hydrogens (primary N) is 1. The molecule has 3 aromatic carbocycles. The minimum absolute atomic E-state index is 0.708. The van der Waals surface area contributed by atoms with Crippen LogP contribution >= 0.6 is 11.6 Å². The average Bonchev–Trinajstić information content (AvgIpc) is 2.61. The van der Waals surface area contributed by atoms with Crippen LogP contribution in [0.2, 0.25) is 5.02 Å². The van der Waals surface area contributed by atoms with Gasteiger partial charge in [-0.2, -0.15) is 0 Å². The summed E-state index contributed by atoms with van der Waals surface area (Å²) in [6.07, 6.45) is 0. The molecule has 3 nitrogen and oxygen atoms in total. The van der Waals surface area contributed by atoms with Crippen molar-refractivity contribution in [3.63, 3.8) is 0 Å². The molecular formula is C20H19ClN2O. The van der Waals surface area contributed by atoms with E-state index in [9.17, 15) is 0 Å². The SMILES string of the molecule is COc1ccc(CNc2ccc(N)cc2)cc1-c1cccc(Cl)c1. The number of ether oxygens (including phenoxy) is 1. The molecule has 0 bridgehead atoms. The van der Waals surface area contributed by atoms with Crippen molar-refractivity contribution < 1.29 is 4.74 Å². The highest BCUT2D eigenvalue weighted by Gasteiger charge is 2.08. The number of hydrogen-bond donors (Lipinski definition) is 2. The van der Waals surface area contributed by atoms with E-state index in [1.54, 1.807) is 7.11 Å². The monoisotopic (exact) mass is 338 g/mol. The molecule has 0 fully saturated rings. The molecule has 3 rings (SSSR count). The summed E-state index contributed by atoms with van der Waals surface area (Å²) in [4.78, 5) is 0. The Morgan fingerprint density at radius 3 is 2.50 bits per heavy atom. The molecule has 3 N–H and O–H groups in total. The summed E-state index contributed by atoms with van der Waals surface area (Å²) < 4.78 is 5.49. The first-order valence-electron chi connectivity index (χ1n) is 7.68. The molecule has 0 spiro atoms. The summed E-state index contributed by atoms with van der Waals surface area (Å²) in [5.74, 6) is 0.827. The summed E-state index contributed by atoms with van der Waals surface area (Å²) in [5.41, 5.74) is 10.7. The van der Waals surface area contributed by atoms with Crippen LogP contribution in [0.25, 0.3) is 11.1 Å². The van der Waals surface area contributed by atoms with Gasteiger partial charge in [0.05, 0.1) is 7.11 Å². The molecule has 0 radical (unpaired) electrons. The highest BCUT2D eigenvalue weighted by atomic mass is 35.5. The van der Waals surface area contributed by atoms with Crippen molar-refractivity contribution in [3.05, 3.63) is 77.3 Å². The molecule has 0 atom stereocenters. The third-order valence-corrected chi connectivity index (χ3v) is 4.04. The van der Waals surface area contributed by atoms with Crippen molar-refractivity contribution in [1.82, 2.24) is 0 Å². The Morgan fingerprint density at radius 2 is 1.79 bits per heavy atom. The number of nitrogen functional groups attached to an aromatic ring is 1.